The number of β-amino-alcohol motifs (C(OH)–C–C–N with tert-alkyl or cyclic N) is 1. The van der Waals surface area contributed by atoms with Gasteiger partial charge in [-0.1, -0.05) is 103 Å². The van der Waals surface area contributed by atoms with Gasteiger partial charge in [0.05, 0.1) is 19.8 Å². The number of aliphatic hydroxyl groups excluding tert-OH is 1. The van der Waals surface area contributed by atoms with Crippen LogP contribution in [0.25, 0.3) is 0 Å². The highest BCUT2D eigenvalue weighted by Crippen LogP contribution is 2.14. The van der Waals surface area contributed by atoms with Crippen molar-refractivity contribution in [2.45, 2.75) is 124 Å². The molecule has 0 spiro atoms. The summed E-state index contributed by atoms with van der Waals surface area (Å²) < 4.78 is 29.2. The van der Waals surface area contributed by atoms with Crippen LogP contribution in [0.15, 0.2) is 0 Å². The number of unbranched alkanes of at least 4 members (excludes halogenated alkanes) is 15. The lowest BCUT2D eigenvalue weighted by molar-refractivity contribution is 0.178. The molecule has 1 aliphatic rings. The molecule has 8 nitrogen and oxygen atoms in total. The van der Waals surface area contributed by atoms with Crippen molar-refractivity contribution in [1.82, 2.24) is 9.80 Å². The number of amides is 2. The van der Waals surface area contributed by atoms with Crippen LogP contribution in [0.3, 0.4) is 0 Å². The second-order valence-corrected chi connectivity index (χ2v) is 10.8. The van der Waals surface area contributed by atoms with Gasteiger partial charge in [0.15, 0.2) is 0 Å². The van der Waals surface area contributed by atoms with Crippen LogP contribution in [0.4, 0.5) is 4.79 Å². The Kier molecular flexibility index (Phi) is 23.8. The number of rotatable bonds is 23. The van der Waals surface area contributed by atoms with Crippen molar-refractivity contribution in [3.63, 3.8) is 0 Å². The first-order valence-corrected chi connectivity index (χ1v) is 15.9. The summed E-state index contributed by atoms with van der Waals surface area (Å²) in [5.74, 6) is 0. The van der Waals surface area contributed by atoms with Gasteiger partial charge < -0.3 is 14.9 Å². The van der Waals surface area contributed by atoms with Gasteiger partial charge in [0, 0.05) is 26.2 Å². The quantitative estimate of drug-likeness (QED) is 0.154. The second-order valence-electron chi connectivity index (χ2n) is 9.50. The van der Waals surface area contributed by atoms with Gasteiger partial charge in [-0.2, -0.15) is 8.42 Å². The molecule has 0 aromatic heterocycles. The van der Waals surface area contributed by atoms with Gasteiger partial charge in [0.2, 0.25) is 0 Å². The first-order valence-electron chi connectivity index (χ1n) is 14.6. The van der Waals surface area contributed by atoms with Gasteiger partial charge in [-0.25, -0.2) is 13.2 Å². The Morgan fingerprint density at radius 3 is 1.36 bits per heavy atom. The highest BCUT2D eigenvalue weighted by molar-refractivity contribution is 7.81. The van der Waals surface area contributed by atoms with Gasteiger partial charge in [0.1, 0.15) is 0 Å². The van der Waals surface area contributed by atoms with E-state index in [1.807, 2.05) is 4.90 Å². The van der Waals surface area contributed by atoms with E-state index in [4.69, 9.17) is 5.11 Å². The molecule has 36 heavy (non-hydrogen) atoms. The Labute approximate surface area is 222 Å². The van der Waals surface area contributed by atoms with Crippen molar-refractivity contribution in [2.75, 3.05) is 46.0 Å². The van der Waals surface area contributed by atoms with E-state index in [2.05, 4.69) is 15.3 Å². The molecule has 1 rings (SSSR count). The maximum atomic E-state index is 12.0. The summed E-state index contributed by atoms with van der Waals surface area (Å²) in [6.07, 6.45) is 22.1. The Hall–Kier alpha value is -0.900. The average molecular weight is 537 g/mol. The minimum Gasteiger partial charge on any atom is -0.395 e. The molecule has 0 aromatic rings. The van der Waals surface area contributed by atoms with E-state index in [0.717, 1.165) is 26.1 Å². The first kappa shape index (κ1) is 35.1. The van der Waals surface area contributed by atoms with Crippen LogP contribution in [-0.2, 0) is 18.8 Å². The summed E-state index contributed by atoms with van der Waals surface area (Å²) in [6, 6.07) is 0.116. The summed E-state index contributed by atoms with van der Waals surface area (Å²) in [4.78, 5) is 15.7. The normalized spacial score (nSPS) is 13.8. The molecular weight excluding hydrogens is 480 g/mol. The summed E-state index contributed by atoms with van der Waals surface area (Å²) >= 11 is 0. The van der Waals surface area contributed by atoms with E-state index >= 15 is 0 Å². The zero-order valence-corrected chi connectivity index (χ0v) is 24.4. The van der Waals surface area contributed by atoms with Crippen molar-refractivity contribution >= 4 is 16.4 Å². The van der Waals surface area contributed by atoms with E-state index in [0.29, 0.717) is 6.54 Å². The van der Waals surface area contributed by atoms with Gasteiger partial charge in [-0.05, 0) is 20.3 Å². The van der Waals surface area contributed by atoms with E-state index in [1.54, 1.807) is 18.7 Å². The molecule has 1 fully saturated rings. The lowest BCUT2D eigenvalue weighted by Gasteiger charge is -2.17. The molecule has 0 aromatic carbocycles. The van der Waals surface area contributed by atoms with E-state index in [-0.39, 0.29) is 25.9 Å². The van der Waals surface area contributed by atoms with Gasteiger partial charge >= 0.3 is 16.4 Å². The zero-order valence-electron chi connectivity index (χ0n) is 23.6. The predicted octanol–water partition coefficient (Wildman–Crippen LogP) is 6.28. The first-order chi connectivity index (χ1) is 17.4. The molecule has 0 radical (unpaired) electrons. The van der Waals surface area contributed by atoms with Crippen LogP contribution in [0.2, 0.25) is 0 Å². The summed E-state index contributed by atoms with van der Waals surface area (Å²) in [6.45, 7) is 8.71. The fourth-order valence-corrected chi connectivity index (χ4v) is 4.99. The van der Waals surface area contributed by atoms with Crippen molar-refractivity contribution < 1.29 is 26.7 Å². The number of carbonyl (C=O) groups excluding carboxylic acids is 1. The SMILES string of the molecule is CCCCCCCCCCCCCCCCCCN1CCN(CCO)C1=O.CCOS(=O)(=O)OCC. The monoisotopic (exact) mass is 536 g/mol. The maximum Gasteiger partial charge on any atom is 0.399 e. The number of nitrogens with zero attached hydrogens (tertiary/aromatic N) is 2. The van der Waals surface area contributed by atoms with Crippen LogP contribution in [0, 0.1) is 0 Å². The molecule has 1 heterocycles. The largest absolute Gasteiger partial charge is 0.399 e. The minimum absolute atomic E-state index is 0.0681. The Balaban J connectivity index is 0.00000115. The van der Waals surface area contributed by atoms with E-state index in [9.17, 15) is 13.2 Å². The second kappa shape index (κ2) is 24.4. The third-order valence-electron chi connectivity index (χ3n) is 6.36. The highest BCUT2D eigenvalue weighted by Gasteiger charge is 2.26. The number of aliphatic hydroxyl groups is 1. The smallest absolute Gasteiger partial charge is 0.395 e. The number of hydrogen-bond acceptors (Lipinski definition) is 6. The van der Waals surface area contributed by atoms with Crippen LogP contribution >= 0.6 is 0 Å². The molecule has 1 aliphatic heterocycles. The van der Waals surface area contributed by atoms with Gasteiger partial charge in [0.25, 0.3) is 0 Å². The summed E-state index contributed by atoms with van der Waals surface area (Å²) in [5.41, 5.74) is 0. The molecular formula is C27H56N2O6S. The van der Waals surface area contributed by atoms with Crippen molar-refractivity contribution in [2.24, 2.45) is 0 Å². The summed E-state index contributed by atoms with van der Waals surface area (Å²) in [7, 11) is -3.68. The van der Waals surface area contributed by atoms with Crippen LogP contribution in [0.1, 0.15) is 124 Å². The number of carbonyl (C=O) groups is 1. The molecule has 1 N–H and O–H groups in total. The van der Waals surface area contributed by atoms with Crippen molar-refractivity contribution in [3.05, 3.63) is 0 Å². The predicted molar refractivity (Wildman–Crippen MR) is 147 cm³/mol. The Bertz CT molecular complexity index is 591. The molecule has 1 saturated heterocycles. The third kappa shape index (κ3) is 20.2. The van der Waals surface area contributed by atoms with Crippen LogP contribution in [-0.4, -0.2) is 75.4 Å². The lowest BCUT2D eigenvalue weighted by atomic mass is 10.0. The van der Waals surface area contributed by atoms with Gasteiger partial charge in [-0.15, -0.1) is 0 Å². The molecule has 2 amide bonds. The van der Waals surface area contributed by atoms with Crippen molar-refractivity contribution in [1.29, 1.82) is 0 Å². The Morgan fingerprint density at radius 1 is 0.639 bits per heavy atom. The van der Waals surface area contributed by atoms with E-state index in [1.165, 1.54) is 96.3 Å². The topological polar surface area (TPSA) is 96.4 Å². The molecule has 0 bridgehead atoms. The summed E-state index contributed by atoms with van der Waals surface area (Å²) in [5, 5.41) is 8.94. The van der Waals surface area contributed by atoms with Crippen LogP contribution in [0.5, 0.6) is 0 Å². The molecule has 9 heteroatoms. The molecule has 216 valence electrons. The standard InChI is InChI=1S/C23H46N2O2.C4H10O4S/c1-2-3-4-5-6-7-8-9-10-11-12-13-14-15-16-17-18-24-19-20-25(21-22-26)23(24)27;1-3-7-9(5,6)8-4-2/h26H,2-22H2,1H3;3-4H2,1-2H3. The maximum absolute atomic E-state index is 12.0. The van der Waals surface area contributed by atoms with Crippen LogP contribution < -0.4 is 0 Å². The minimum atomic E-state index is -3.68. The third-order valence-corrected chi connectivity index (χ3v) is 7.41. The highest BCUT2D eigenvalue weighted by atomic mass is 32.3. The number of hydrogen-bond donors (Lipinski definition) is 1. The molecule has 0 aliphatic carbocycles. The lowest BCUT2D eigenvalue weighted by Crippen LogP contribution is -2.34. The number of urea groups is 1. The fourth-order valence-electron chi connectivity index (χ4n) is 4.34. The van der Waals surface area contributed by atoms with Gasteiger partial charge in [-0.3, -0.25) is 0 Å². The molecule has 0 saturated carbocycles. The van der Waals surface area contributed by atoms with Crippen molar-refractivity contribution in [3.8, 4) is 0 Å². The molecule has 0 unspecified atom stereocenters. The Morgan fingerprint density at radius 2 is 1.00 bits per heavy atom. The average Bonchev–Trinajstić information content (AvgIpc) is 3.18. The molecule has 0 atom stereocenters. The van der Waals surface area contributed by atoms with E-state index < -0.39 is 10.4 Å². The fraction of sp³-hybridized carbons (Fsp3) is 0.963. The zero-order chi connectivity index (χ0) is 26.9.